The lowest BCUT2D eigenvalue weighted by Crippen LogP contribution is -2.05. The summed E-state index contributed by atoms with van der Waals surface area (Å²) in [7, 11) is 0. The Morgan fingerprint density at radius 1 is 0.950 bits per heavy atom. The molecule has 0 spiro atoms. The zero-order valence-electron chi connectivity index (χ0n) is 9.80. The van der Waals surface area contributed by atoms with Crippen LogP contribution in [0.25, 0.3) is 11.1 Å². The fourth-order valence-electron chi connectivity index (χ4n) is 1.75. The van der Waals surface area contributed by atoms with Gasteiger partial charge in [0, 0.05) is 12.7 Å². The summed E-state index contributed by atoms with van der Waals surface area (Å²) in [6, 6.07) is 10.9. The molecule has 0 N–H and O–H groups in total. The molecule has 0 saturated heterocycles. The van der Waals surface area contributed by atoms with Crippen LogP contribution in [0.5, 0.6) is 0 Å². The van der Waals surface area contributed by atoms with Crippen molar-refractivity contribution in [3.05, 3.63) is 54.7 Å². The minimum Gasteiger partial charge on any atom is -0.192 e. The van der Waals surface area contributed by atoms with Gasteiger partial charge in [-0.25, -0.2) is 0 Å². The molecule has 0 fully saturated rings. The van der Waals surface area contributed by atoms with E-state index in [1.165, 1.54) is 6.07 Å². The van der Waals surface area contributed by atoms with Crippen LogP contribution in [0.4, 0.5) is 13.2 Å². The van der Waals surface area contributed by atoms with E-state index in [2.05, 4.69) is 28.7 Å². The Morgan fingerprint density at radius 2 is 1.65 bits per heavy atom. The van der Waals surface area contributed by atoms with Crippen LogP contribution in [-0.2, 0) is 6.18 Å². The Kier molecular flexibility index (Phi) is 4.59. The third kappa shape index (κ3) is 3.25. The number of hydrogen-bond acceptors (Lipinski definition) is 1. The van der Waals surface area contributed by atoms with Crippen molar-refractivity contribution in [1.82, 2.24) is 0 Å². The van der Waals surface area contributed by atoms with Gasteiger partial charge in [-0.1, -0.05) is 6.07 Å². The maximum absolute atomic E-state index is 12.7. The van der Waals surface area contributed by atoms with Crippen molar-refractivity contribution in [2.45, 2.75) is 6.18 Å². The van der Waals surface area contributed by atoms with E-state index in [9.17, 15) is 13.2 Å². The standard InChI is InChI=1S/C14H6F3I2N/c15-14(16,17)9-2-4-11(13(19)5-9)12-6-10(18)3-1-8(12)7-20/h1-6H. The van der Waals surface area contributed by atoms with Gasteiger partial charge in [0.2, 0.25) is 0 Å². The van der Waals surface area contributed by atoms with E-state index in [1.54, 1.807) is 18.2 Å². The second-order valence-electron chi connectivity index (χ2n) is 3.99. The van der Waals surface area contributed by atoms with Crippen LogP contribution in [0.15, 0.2) is 36.4 Å². The second-order valence-corrected chi connectivity index (χ2v) is 6.40. The minimum absolute atomic E-state index is 0.447. The van der Waals surface area contributed by atoms with E-state index in [0.29, 0.717) is 20.3 Å². The summed E-state index contributed by atoms with van der Waals surface area (Å²) >= 11 is 3.97. The van der Waals surface area contributed by atoms with Crippen LogP contribution in [0.3, 0.4) is 0 Å². The van der Waals surface area contributed by atoms with Gasteiger partial charge in [-0.2, -0.15) is 18.4 Å². The molecule has 0 aliphatic heterocycles. The monoisotopic (exact) mass is 499 g/mol. The van der Waals surface area contributed by atoms with Gasteiger partial charge in [0.1, 0.15) is 0 Å². The fourth-order valence-corrected chi connectivity index (χ4v) is 3.04. The fraction of sp³-hybridized carbons (Fsp3) is 0.0714. The molecule has 0 saturated carbocycles. The van der Waals surface area contributed by atoms with Crippen molar-refractivity contribution in [3.63, 3.8) is 0 Å². The highest BCUT2D eigenvalue weighted by Crippen LogP contribution is 2.35. The summed E-state index contributed by atoms with van der Waals surface area (Å²) in [5.41, 5.74) is 1.05. The molecular weight excluding hydrogens is 493 g/mol. The van der Waals surface area contributed by atoms with Crippen LogP contribution in [0, 0.1) is 18.5 Å². The first-order valence-corrected chi connectivity index (χ1v) is 7.55. The highest BCUT2D eigenvalue weighted by molar-refractivity contribution is 14.1. The number of rotatable bonds is 1. The number of alkyl halides is 3. The number of nitriles is 1. The first-order valence-electron chi connectivity index (χ1n) is 5.39. The van der Waals surface area contributed by atoms with Crippen LogP contribution in [0.2, 0.25) is 0 Å². The second kappa shape index (κ2) is 5.89. The van der Waals surface area contributed by atoms with Gasteiger partial charge in [0.05, 0.1) is 17.2 Å². The van der Waals surface area contributed by atoms with E-state index in [1.807, 2.05) is 22.6 Å². The van der Waals surface area contributed by atoms with Crippen molar-refractivity contribution >= 4 is 45.2 Å². The predicted molar refractivity (Wildman–Crippen MR) is 87.0 cm³/mol. The normalized spacial score (nSPS) is 11.2. The molecule has 0 aliphatic rings. The summed E-state index contributed by atoms with van der Waals surface area (Å²) in [5, 5.41) is 9.11. The molecule has 0 heterocycles. The molecule has 0 aliphatic carbocycles. The Balaban J connectivity index is 2.61. The lowest BCUT2D eigenvalue weighted by molar-refractivity contribution is -0.137. The number of benzene rings is 2. The Hall–Kier alpha value is -0.820. The van der Waals surface area contributed by atoms with Crippen molar-refractivity contribution in [2.24, 2.45) is 0 Å². The van der Waals surface area contributed by atoms with Crippen LogP contribution < -0.4 is 0 Å². The molecule has 0 unspecified atom stereocenters. The predicted octanol–water partition coefficient (Wildman–Crippen LogP) is 5.45. The molecule has 1 nitrogen and oxygen atoms in total. The van der Waals surface area contributed by atoms with Crippen LogP contribution >= 0.6 is 45.2 Å². The molecule has 20 heavy (non-hydrogen) atoms. The maximum Gasteiger partial charge on any atom is 0.416 e. The van der Waals surface area contributed by atoms with Crippen LogP contribution in [-0.4, -0.2) is 0 Å². The lowest BCUT2D eigenvalue weighted by atomic mass is 9.99. The lowest BCUT2D eigenvalue weighted by Gasteiger charge is -2.11. The molecule has 6 heteroatoms. The average molecular weight is 499 g/mol. The summed E-state index contributed by atoms with van der Waals surface area (Å²) in [4.78, 5) is 0. The first-order chi connectivity index (χ1) is 9.32. The third-order valence-electron chi connectivity index (χ3n) is 2.69. The highest BCUT2D eigenvalue weighted by Gasteiger charge is 2.31. The Bertz CT molecular complexity index is 703. The highest BCUT2D eigenvalue weighted by atomic mass is 127. The van der Waals surface area contributed by atoms with Gasteiger partial charge in [0.15, 0.2) is 0 Å². The van der Waals surface area contributed by atoms with Crippen molar-refractivity contribution in [1.29, 1.82) is 5.26 Å². The van der Waals surface area contributed by atoms with Gasteiger partial charge in [-0.3, -0.25) is 0 Å². The van der Waals surface area contributed by atoms with Gasteiger partial charge in [-0.05, 0) is 81.1 Å². The summed E-state index contributed by atoms with van der Waals surface area (Å²) < 4.78 is 39.4. The van der Waals surface area contributed by atoms with E-state index < -0.39 is 11.7 Å². The van der Waals surface area contributed by atoms with Crippen molar-refractivity contribution < 1.29 is 13.2 Å². The van der Waals surface area contributed by atoms with Gasteiger partial charge in [-0.15, -0.1) is 0 Å². The Labute approximate surface area is 141 Å². The molecule has 102 valence electrons. The largest absolute Gasteiger partial charge is 0.416 e. The van der Waals surface area contributed by atoms with Gasteiger partial charge in [0.25, 0.3) is 0 Å². The summed E-state index contributed by atoms with van der Waals surface area (Å²) in [6.07, 6.45) is -4.36. The van der Waals surface area contributed by atoms with Crippen molar-refractivity contribution in [3.8, 4) is 17.2 Å². The van der Waals surface area contributed by atoms with Crippen LogP contribution in [0.1, 0.15) is 11.1 Å². The van der Waals surface area contributed by atoms with E-state index in [4.69, 9.17) is 5.26 Å². The average Bonchev–Trinajstić information content (AvgIpc) is 2.37. The van der Waals surface area contributed by atoms with Crippen molar-refractivity contribution in [2.75, 3.05) is 0 Å². The maximum atomic E-state index is 12.7. The topological polar surface area (TPSA) is 23.8 Å². The molecule has 0 aromatic heterocycles. The van der Waals surface area contributed by atoms with Gasteiger partial charge < -0.3 is 0 Å². The number of nitrogens with zero attached hydrogens (tertiary/aromatic N) is 1. The first kappa shape index (κ1) is 15.6. The van der Waals surface area contributed by atoms with E-state index in [-0.39, 0.29) is 0 Å². The molecule has 0 radical (unpaired) electrons. The molecule has 0 amide bonds. The molecule has 2 aromatic rings. The zero-order valence-corrected chi connectivity index (χ0v) is 14.1. The molecule has 0 bridgehead atoms. The molecule has 2 rings (SSSR count). The summed E-state index contributed by atoms with van der Waals surface area (Å²) in [6.45, 7) is 0. The Morgan fingerprint density at radius 3 is 2.20 bits per heavy atom. The zero-order chi connectivity index (χ0) is 14.9. The number of hydrogen-bond donors (Lipinski definition) is 0. The molecule has 0 atom stereocenters. The number of halogens is 5. The third-order valence-corrected chi connectivity index (χ3v) is 4.25. The minimum atomic E-state index is -4.36. The van der Waals surface area contributed by atoms with E-state index in [0.717, 1.165) is 15.7 Å². The van der Waals surface area contributed by atoms with E-state index >= 15 is 0 Å². The molecular formula is C14H6F3I2N. The molecule has 2 aromatic carbocycles. The quantitative estimate of drug-likeness (QED) is 0.479. The SMILES string of the molecule is N#Cc1ccc(I)cc1-c1ccc(C(F)(F)F)cc1I. The van der Waals surface area contributed by atoms with Gasteiger partial charge >= 0.3 is 6.18 Å². The smallest absolute Gasteiger partial charge is 0.192 e. The summed E-state index contributed by atoms with van der Waals surface area (Å²) in [5.74, 6) is 0.